The molecular formula is C13H18N4O3. The Bertz CT molecular complexity index is 486. The summed E-state index contributed by atoms with van der Waals surface area (Å²) >= 11 is 0. The lowest BCUT2D eigenvalue weighted by atomic mass is 10.3. The molecule has 0 radical (unpaired) electrons. The zero-order valence-corrected chi connectivity index (χ0v) is 11.5. The molecule has 1 saturated heterocycles. The van der Waals surface area contributed by atoms with Gasteiger partial charge in [-0.1, -0.05) is 0 Å². The lowest BCUT2D eigenvalue weighted by Gasteiger charge is -2.15. The highest BCUT2D eigenvalue weighted by Crippen LogP contribution is 2.09. The van der Waals surface area contributed by atoms with Gasteiger partial charge in [-0.3, -0.25) is 9.78 Å². The van der Waals surface area contributed by atoms with E-state index in [1.165, 1.54) is 19.5 Å². The molecule has 1 aliphatic heterocycles. The van der Waals surface area contributed by atoms with E-state index in [-0.39, 0.29) is 11.6 Å². The summed E-state index contributed by atoms with van der Waals surface area (Å²) in [4.78, 5) is 33.0. The van der Waals surface area contributed by atoms with Gasteiger partial charge in [0.15, 0.2) is 5.69 Å². The molecule has 0 aliphatic carbocycles. The highest BCUT2D eigenvalue weighted by Gasteiger charge is 2.17. The van der Waals surface area contributed by atoms with E-state index >= 15 is 0 Å². The van der Waals surface area contributed by atoms with Crippen LogP contribution in [0, 0.1) is 0 Å². The number of esters is 1. The third-order valence-corrected chi connectivity index (χ3v) is 3.13. The first-order valence-corrected chi connectivity index (χ1v) is 6.62. The van der Waals surface area contributed by atoms with Gasteiger partial charge in [-0.25, -0.2) is 9.78 Å². The highest BCUT2D eigenvalue weighted by atomic mass is 16.5. The van der Waals surface area contributed by atoms with Crippen LogP contribution in [-0.4, -0.2) is 53.5 Å². The van der Waals surface area contributed by atoms with Gasteiger partial charge < -0.3 is 15.0 Å². The Morgan fingerprint density at radius 1 is 1.35 bits per heavy atom. The molecule has 0 aromatic carbocycles. The maximum Gasteiger partial charge on any atom is 0.358 e. The van der Waals surface area contributed by atoms with Gasteiger partial charge in [-0.15, -0.1) is 0 Å². The molecule has 1 fully saturated rings. The molecule has 108 valence electrons. The number of carbonyl (C=O) groups excluding carboxylic acids is 2. The van der Waals surface area contributed by atoms with Gasteiger partial charge in [0, 0.05) is 26.1 Å². The smallest absolute Gasteiger partial charge is 0.358 e. The molecule has 7 heteroatoms. The van der Waals surface area contributed by atoms with Crippen LogP contribution in [0.4, 0.5) is 5.82 Å². The Morgan fingerprint density at radius 3 is 2.80 bits per heavy atom. The van der Waals surface area contributed by atoms with Crippen molar-refractivity contribution in [3.05, 3.63) is 18.1 Å². The molecule has 1 N–H and O–H groups in total. The molecule has 20 heavy (non-hydrogen) atoms. The van der Waals surface area contributed by atoms with Crippen LogP contribution in [0.3, 0.4) is 0 Å². The minimum absolute atomic E-state index is 0.142. The Kier molecular flexibility index (Phi) is 4.86. The maximum absolute atomic E-state index is 11.8. The maximum atomic E-state index is 11.8. The summed E-state index contributed by atoms with van der Waals surface area (Å²) in [6.07, 6.45) is 5.43. The number of rotatable bonds is 5. The fourth-order valence-electron chi connectivity index (χ4n) is 2.08. The van der Waals surface area contributed by atoms with Crippen LogP contribution < -0.4 is 5.32 Å². The van der Waals surface area contributed by atoms with E-state index < -0.39 is 5.97 Å². The number of anilines is 1. The zero-order valence-electron chi connectivity index (χ0n) is 11.5. The number of methoxy groups -OCH3 is 1. The van der Waals surface area contributed by atoms with Crippen molar-refractivity contribution in [3.63, 3.8) is 0 Å². The van der Waals surface area contributed by atoms with Crippen molar-refractivity contribution < 1.29 is 14.3 Å². The number of hydrogen-bond donors (Lipinski definition) is 1. The summed E-state index contributed by atoms with van der Waals surface area (Å²) in [6.45, 7) is 2.18. The first-order chi connectivity index (χ1) is 9.70. The molecule has 1 amide bonds. The zero-order chi connectivity index (χ0) is 14.4. The minimum atomic E-state index is -0.533. The third-order valence-electron chi connectivity index (χ3n) is 3.13. The second-order valence-corrected chi connectivity index (χ2v) is 4.55. The van der Waals surface area contributed by atoms with Gasteiger partial charge in [0.05, 0.1) is 19.5 Å². The number of ether oxygens (including phenoxy) is 1. The van der Waals surface area contributed by atoms with E-state index in [0.717, 1.165) is 25.9 Å². The van der Waals surface area contributed by atoms with Crippen molar-refractivity contribution in [2.24, 2.45) is 0 Å². The van der Waals surface area contributed by atoms with Crippen LogP contribution in [0.2, 0.25) is 0 Å². The number of nitrogens with zero attached hydrogens (tertiary/aromatic N) is 3. The van der Waals surface area contributed by atoms with Crippen LogP contribution >= 0.6 is 0 Å². The molecule has 1 aliphatic rings. The molecule has 1 aromatic rings. The minimum Gasteiger partial charge on any atom is -0.464 e. The first kappa shape index (κ1) is 14.2. The van der Waals surface area contributed by atoms with Crippen molar-refractivity contribution >= 4 is 17.7 Å². The van der Waals surface area contributed by atoms with Crippen LogP contribution in [0.5, 0.6) is 0 Å². The molecular weight excluding hydrogens is 260 g/mol. The summed E-state index contributed by atoms with van der Waals surface area (Å²) in [5, 5.41) is 2.99. The molecule has 0 unspecified atom stereocenters. The number of aromatic nitrogens is 2. The fraction of sp³-hybridized carbons (Fsp3) is 0.538. The Balaban J connectivity index is 1.81. The summed E-state index contributed by atoms with van der Waals surface area (Å²) in [5.41, 5.74) is 0.142. The number of carbonyl (C=O) groups is 2. The summed E-state index contributed by atoms with van der Waals surface area (Å²) in [6, 6.07) is 0. The summed E-state index contributed by atoms with van der Waals surface area (Å²) < 4.78 is 4.57. The number of hydrogen-bond acceptors (Lipinski definition) is 6. The van der Waals surface area contributed by atoms with Crippen molar-refractivity contribution in [1.29, 1.82) is 0 Å². The van der Waals surface area contributed by atoms with E-state index in [1.807, 2.05) is 4.90 Å². The molecule has 0 atom stereocenters. The number of nitrogens with one attached hydrogen (secondary N) is 1. The van der Waals surface area contributed by atoms with Crippen molar-refractivity contribution in [1.82, 2.24) is 14.9 Å². The van der Waals surface area contributed by atoms with Crippen LogP contribution in [0.25, 0.3) is 0 Å². The van der Waals surface area contributed by atoms with Crippen LogP contribution in [-0.2, 0) is 9.53 Å². The number of likely N-dealkylation sites (tertiary alicyclic amines) is 1. The monoisotopic (exact) mass is 278 g/mol. The van der Waals surface area contributed by atoms with Gasteiger partial charge in [0.2, 0.25) is 5.91 Å². The van der Waals surface area contributed by atoms with Crippen molar-refractivity contribution in [3.8, 4) is 0 Å². The molecule has 2 heterocycles. The Morgan fingerprint density at radius 2 is 2.10 bits per heavy atom. The second kappa shape index (κ2) is 6.83. The SMILES string of the molecule is COC(=O)c1cncc(NCCC(=O)N2CCCC2)n1. The largest absolute Gasteiger partial charge is 0.464 e. The average molecular weight is 278 g/mol. The molecule has 0 bridgehead atoms. The van der Waals surface area contributed by atoms with Gasteiger partial charge in [0.1, 0.15) is 5.82 Å². The predicted octanol–water partition coefficient (Wildman–Crippen LogP) is 0.688. The third kappa shape index (κ3) is 3.66. The van der Waals surface area contributed by atoms with Crippen molar-refractivity contribution in [2.45, 2.75) is 19.3 Å². The van der Waals surface area contributed by atoms with E-state index in [0.29, 0.717) is 18.8 Å². The standard InChI is InChI=1S/C13H18N4O3/c1-20-13(19)10-8-14-9-11(16-10)15-5-4-12(18)17-6-2-3-7-17/h8-9H,2-7H2,1H3,(H,15,16). The van der Waals surface area contributed by atoms with E-state index in [1.54, 1.807) is 0 Å². The Hall–Kier alpha value is -2.18. The van der Waals surface area contributed by atoms with Crippen molar-refractivity contribution in [2.75, 3.05) is 32.1 Å². The van der Waals surface area contributed by atoms with Crippen LogP contribution in [0.15, 0.2) is 12.4 Å². The predicted molar refractivity (Wildman–Crippen MR) is 72.3 cm³/mol. The van der Waals surface area contributed by atoms with Crippen LogP contribution in [0.1, 0.15) is 29.8 Å². The molecule has 7 nitrogen and oxygen atoms in total. The summed E-state index contributed by atoms with van der Waals surface area (Å²) in [5.74, 6) is 0.0727. The molecule has 1 aromatic heterocycles. The molecule has 0 saturated carbocycles. The summed E-state index contributed by atoms with van der Waals surface area (Å²) in [7, 11) is 1.29. The normalized spacial score (nSPS) is 14.2. The first-order valence-electron chi connectivity index (χ1n) is 6.62. The van der Waals surface area contributed by atoms with E-state index in [9.17, 15) is 9.59 Å². The van der Waals surface area contributed by atoms with Gasteiger partial charge in [-0.05, 0) is 12.8 Å². The van der Waals surface area contributed by atoms with Gasteiger partial charge in [-0.2, -0.15) is 0 Å². The lowest BCUT2D eigenvalue weighted by Crippen LogP contribution is -2.29. The molecule has 2 rings (SSSR count). The van der Waals surface area contributed by atoms with Gasteiger partial charge in [0.25, 0.3) is 0 Å². The highest BCUT2D eigenvalue weighted by molar-refractivity contribution is 5.87. The average Bonchev–Trinajstić information content (AvgIpc) is 3.01. The Labute approximate surface area is 117 Å². The second-order valence-electron chi connectivity index (χ2n) is 4.55. The quantitative estimate of drug-likeness (QED) is 0.798. The van der Waals surface area contributed by atoms with Gasteiger partial charge >= 0.3 is 5.97 Å². The fourth-order valence-corrected chi connectivity index (χ4v) is 2.08. The van der Waals surface area contributed by atoms with E-state index in [2.05, 4.69) is 20.0 Å². The molecule has 0 spiro atoms. The van der Waals surface area contributed by atoms with E-state index in [4.69, 9.17) is 0 Å². The topological polar surface area (TPSA) is 84.4 Å². The lowest BCUT2D eigenvalue weighted by molar-refractivity contribution is -0.129. The number of amides is 1.